The van der Waals surface area contributed by atoms with Crippen molar-refractivity contribution in [2.45, 2.75) is 51.9 Å². The van der Waals surface area contributed by atoms with Crippen LogP contribution in [0.3, 0.4) is 0 Å². The van der Waals surface area contributed by atoms with Crippen LogP contribution in [0.2, 0.25) is 0 Å². The number of amides is 1. The molecule has 2 atom stereocenters. The number of hydrogen-bond acceptors (Lipinski definition) is 5. The summed E-state index contributed by atoms with van der Waals surface area (Å²) in [5.41, 5.74) is 0.868. The summed E-state index contributed by atoms with van der Waals surface area (Å²) in [4.78, 5) is 13.8. The molecule has 2 unspecified atom stereocenters. The average molecular weight is 384 g/mol. The van der Waals surface area contributed by atoms with Gasteiger partial charge in [0, 0.05) is 25.2 Å². The van der Waals surface area contributed by atoms with Crippen molar-refractivity contribution in [2.75, 3.05) is 19.9 Å². The molecule has 0 spiro atoms. The molecule has 1 aromatic rings. The highest BCUT2D eigenvalue weighted by Crippen LogP contribution is 2.26. The molecule has 2 rings (SSSR count). The van der Waals surface area contributed by atoms with E-state index in [0.717, 1.165) is 11.3 Å². The van der Waals surface area contributed by atoms with Gasteiger partial charge in [-0.2, -0.15) is 4.31 Å². The molecule has 0 radical (unpaired) electrons. The summed E-state index contributed by atoms with van der Waals surface area (Å²) in [7, 11) is -1.85. The highest BCUT2D eigenvalue weighted by molar-refractivity contribution is 7.88. The van der Waals surface area contributed by atoms with Crippen molar-refractivity contribution in [1.82, 2.24) is 9.21 Å². The Labute approximate surface area is 155 Å². The Bertz CT molecular complexity index is 718. The molecule has 146 valence electrons. The second-order valence-electron chi connectivity index (χ2n) is 6.98. The number of benzene rings is 1. The van der Waals surface area contributed by atoms with Gasteiger partial charge in [0.05, 0.1) is 19.5 Å². The molecule has 1 heterocycles. The van der Waals surface area contributed by atoms with Crippen LogP contribution in [-0.4, -0.2) is 61.8 Å². The van der Waals surface area contributed by atoms with Gasteiger partial charge in [-0.05, 0) is 44.9 Å². The first kappa shape index (κ1) is 20.5. The first-order chi connectivity index (χ1) is 12.1. The summed E-state index contributed by atoms with van der Waals surface area (Å²) in [5, 5.41) is 0. The molecule has 0 bridgehead atoms. The lowest BCUT2D eigenvalue weighted by Crippen LogP contribution is -2.42. The highest BCUT2D eigenvalue weighted by Gasteiger charge is 2.39. The second kappa shape index (κ2) is 8.26. The maximum Gasteiger partial charge on any atom is 0.410 e. The van der Waals surface area contributed by atoms with Crippen molar-refractivity contribution in [3.8, 4) is 5.75 Å². The molecule has 1 fully saturated rings. The van der Waals surface area contributed by atoms with E-state index >= 15 is 0 Å². The Morgan fingerprint density at radius 3 is 2.42 bits per heavy atom. The third-order valence-corrected chi connectivity index (χ3v) is 5.73. The monoisotopic (exact) mass is 384 g/mol. The number of carbonyl (C=O) groups is 1. The van der Waals surface area contributed by atoms with Gasteiger partial charge in [0.25, 0.3) is 0 Å². The van der Waals surface area contributed by atoms with Crippen molar-refractivity contribution in [3.63, 3.8) is 0 Å². The molecule has 26 heavy (non-hydrogen) atoms. The molecule has 0 aromatic heterocycles. The molecule has 0 aliphatic carbocycles. The van der Waals surface area contributed by atoms with Crippen molar-refractivity contribution < 1.29 is 22.7 Å². The van der Waals surface area contributed by atoms with Gasteiger partial charge in [0.15, 0.2) is 0 Å². The Balaban J connectivity index is 2.16. The van der Waals surface area contributed by atoms with Crippen LogP contribution in [0.15, 0.2) is 24.3 Å². The van der Waals surface area contributed by atoms with Gasteiger partial charge in [0.2, 0.25) is 10.0 Å². The van der Waals surface area contributed by atoms with Crippen LogP contribution in [0.4, 0.5) is 4.79 Å². The maximum atomic E-state index is 12.4. The number of nitrogens with zero attached hydrogens (tertiary/aromatic N) is 2. The van der Waals surface area contributed by atoms with E-state index in [1.165, 1.54) is 10.6 Å². The summed E-state index contributed by atoms with van der Waals surface area (Å²) >= 11 is 0. The average Bonchev–Trinajstić information content (AvgIpc) is 2.93. The fraction of sp³-hybridized carbons (Fsp3) is 0.611. The SMILES string of the molecule is COc1ccc(CN(C2CC(C)N(C(=O)OC(C)C)C2)S(C)(=O)=O)cc1. The van der Waals surface area contributed by atoms with E-state index in [1.54, 1.807) is 38.0 Å². The molecule has 0 N–H and O–H groups in total. The zero-order valence-corrected chi connectivity index (χ0v) is 16.8. The van der Waals surface area contributed by atoms with Crippen LogP contribution in [0.5, 0.6) is 5.75 Å². The van der Waals surface area contributed by atoms with E-state index in [2.05, 4.69) is 0 Å². The molecule has 1 aliphatic rings. The van der Waals surface area contributed by atoms with Crippen LogP contribution in [0, 0.1) is 0 Å². The summed E-state index contributed by atoms with van der Waals surface area (Å²) < 4.78 is 36.6. The number of rotatable bonds is 6. The molecule has 1 saturated heterocycles. The van der Waals surface area contributed by atoms with Crippen LogP contribution >= 0.6 is 0 Å². The minimum absolute atomic E-state index is 0.0774. The first-order valence-corrected chi connectivity index (χ1v) is 10.5. The smallest absolute Gasteiger partial charge is 0.410 e. The van der Waals surface area contributed by atoms with Gasteiger partial charge in [-0.1, -0.05) is 12.1 Å². The molecule has 0 saturated carbocycles. The third kappa shape index (κ3) is 5.11. The van der Waals surface area contributed by atoms with E-state index in [0.29, 0.717) is 13.0 Å². The van der Waals surface area contributed by atoms with Crippen LogP contribution in [0.25, 0.3) is 0 Å². The Hall–Kier alpha value is -1.80. The lowest BCUT2D eigenvalue weighted by atomic mass is 10.1. The first-order valence-electron chi connectivity index (χ1n) is 8.68. The quantitative estimate of drug-likeness (QED) is 0.753. The zero-order chi connectivity index (χ0) is 19.5. The van der Waals surface area contributed by atoms with Gasteiger partial charge in [-0.25, -0.2) is 13.2 Å². The fourth-order valence-electron chi connectivity index (χ4n) is 3.16. The molecular weight excluding hydrogens is 356 g/mol. The minimum Gasteiger partial charge on any atom is -0.497 e. The van der Waals surface area contributed by atoms with Gasteiger partial charge < -0.3 is 14.4 Å². The summed E-state index contributed by atoms with van der Waals surface area (Å²) in [6, 6.07) is 6.95. The Morgan fingerprint density at radius 2 is 1.92 bits per heavy atom. The number of hydrogen-bond donors (Lipinski definition) is 0. The van der Waals surface area contributed by atoms with Gasteiger partial charge in [-0.15, -0.1) is 0 Å². The second-order valence-corrected chi connectivity index (χ2v) is 8.91. The van der Waals surface area contributed by atoms with Crippen LogP contribution < -0.4 is 4.74 Å². The number of ether oxygens (including phenoxy) is 2. The van der Waals surface area contributed by atoms with E-state index in [-0.39, 0.29) is 24.7 Å². The lowest BCUT2D eigenvalue weighted by molar-refractivity contribution is 0.0741. The molecular formula is C18H28N2O5S. The maximum absolute atomic E-state index is 12.4. The topological polar surface area (TPSA) is 76.2 Å². The third-order valence-electron chi connectivity index (χ3n) is 4.45. The van der Waals surface area contributed by atoms with E-state index in [4.69, 9.17) is 9.47 Å². The Kier molecular flexibility index (Phi) is 6.52. The summed E-state index contributed by atoms with van der Waals surface area (Å²) in [6.07, 6.45) is 1.18. The summed E-state index contributed by atoms with van der Waals surface area (Å²) in [6.45, 7) is 6.09. The van der Waals surface area contributed by atoms with Gasteiger partial charge >= 0.3 is 6.09 Å². The summed E-state index contributed by atoms with van der Waals surface area (Å²) in [5.74, 6) is 0.719. The van der Waals surface area contributed by atoms with Crippen molar-refractivity contribution in [3.05, 3.63) is 29.8 Å². The van der Waals surface area contributed by atoms with E-state index in [1.807, 2.05) is 19.1 Å². The van der Waals surface area contributed by atoms with Gasteiger partial charge in [0.1, 0.15) is 5.75 Å². The van der Waals surface area contributed by atoms with E-state index < -0.39 is 16.1 Å². The molecule has 8 heteroatoms. The fourth-order valence-corrected chi connectivity index (χ4v) is 4.24. The molecule has 1 aromatic carbocycles. The van der Waals surface area contributed by atoms with Gasteiger partial charge in [-0.3, -0.25) is 0 Å². The molecule has 1 aliphatic heterocycles. The largest absolute Gasteiger partial charge is 0.497 e. The number of likely N-dealkylation sites (tertiary alicyclic amines) is 1. The van der Waals surface area contributed by atoms with Crippen molar-refractivity contribution >= 4 is 16.1 Å². The predicted molar refractivity (Wildman–Crippen MR) is 99.6 cm³/mol. The van der Waals surface area contributed by atoms with Crippen LogP contribution in [0.1, 0.15) is 32.8 Å². The normalized spacial score (nSPS) is 20.7. The minimum atomic E-state index is -3.43. The molecule has 1 amide bonds. The lowest BCUT2D eigenvalue weighted by Gasteiger charge is -2.27. The Morgan fingerprint density at radius 1 is 1.31 bits per heavy atom. The van der Waals surface area contributed by atoms with Crippen molar-refractivity contribution in [1.29, 1.82) is 0 Å². The van der Waals surface area contributed by atoms with Crippen molar-refractivity contribution in [2.24, 2.45) is 0 Å². The number of sulfonamides is 1. The van der Waals surface area contributed by atoms with Crippen LogP contribution in [-0.2, 0) is 21.3 Å². The standard InChI is InChI=1S/C18H28N2O5S/c1-13(2)25-18(21)19-12-16(10-14(19)3)20(26(5,22)23)11-15-6-8-17(24-4)9-7-15/h6-9,13-14,16H,10-12H2,1-5H3. The zero-order valence-electron chi connectivity index (χ0n) is 16.0. The predicted octanol–water partition coefficient (Wildman–Crippen LogP) is 2.46. The number of methoxy groups -OCH3 is 1. The highest BCUT2D eigenvalue weighted by atomic mass is 32.2. The molecule has 7 nitrogen and oxygen atoms in total. The number of carbonyl (C=O) groups excluding carboxylic acids is 1. The van der Waals surface area contributed by atoms with E-state index in [9.17, 15) is 13.2 Å².